The molecule has 1 amide bonds. The van der Waals surface area contributed by atoms with Crippen molar-refractivity contribution in [3.05, 3.63) is 78.4 Å². The molecule has 0 aromatic heterocycles. The minimum atomic E-state index is -2.22. The van der Waals surface area contributed by atoms with Gasteiger partial charge in [-0.25, -0.2) is 0 Å². The number of likely N-dealkylation sites (N-methyl/N-ethyl adjacent to an activating group) is 1. The fourth-order valence-corrected chi connectivity index (χ4v) is 7.31. The van der Waals surface area contributed by atoms with Crippen LogP contribution < -0.4 is 4.74 Å². The maximum absolute atomic E-state index is 14.5. The summed E-state index contributed by atoms with van der Waals surface area (Å²) in [7, 11) is 1.25. The van der Waals surface area contributed by atoms with Crippen molar-refractivity contribution in [1.29, 1.82) is 0 Å². The molecule has 0 fully saturated rings. The Morgan fingerprint density at radius 3 is 2.08 bits per heavy atom. The van der Waals surface area contributed by atoms with Crippen LogP contribution in [0, 0.1) is 11.8 Å². The van der Waals surface area contributed by atoms with E-state index in [9.17, 15) is 9.59 Å². The summed E-state index contributed by atoms with van der Waals surface area (Å²) in [4.78, 5) is 30.2. The fourth-order valence-electron chi connectivity index (χ4n) is 5.95. The minimum Gasteiger partial charge on any atom is -0.497 e. The molecule has 7 nitrogen and oxygen atoms in total. The molecule has 0 heterocycles. The number of unbranched alkanes of at least 4 members (excludes halogenated alkanes) is 4. The third-order valence-electron chi connectivity index (χ3n) is 10.4. The van der Waals surface area contributed by atoms with Crippen LogP contribution in [0.5, 0.6) is 5.75 Å². The minimum absolute atomic E-state index is 0.0135. The highest BCUT2D eigenvalue weighted by atomic mass is 28.4. The molecule has 0 N–H and O–H groups in total. The van der Waals surface area contributed by atoms with E-state index in [1.807, 2.05) is 76.4 Å². The van der Waals surface area contributed by atoms with Gasteiger partial charge in [0.05, 0.1) is 37.9 Å². The van der Waals surface area contributed by atoms with E-state index in [4.69, 9.17) is 18.6 Å². The van der Waals surface area contributed by atoms with Crippen LogP contribution in [0.3, 0.4) is 0 Å². The summed E-state index contributed by atoms with van der Waals surface area (Å²) >= 11 is 0. The zero-order valence-electron chi connectivity index (χ0n) is 33.7. The Morgan fingerprint density at radius 1 is 0.902 bits per heavy atom. The quantitative estimate of drug-likeness (QED) is 0.0492. The van der Waals surface area contributed by atoms with Crippen molar-refractivity contribution in [2.45, 2.75) is 149 Å². The van der Waals surface area contributed by atoms with Crippen LogP contribution in [0.15, 0.2) is 67.3 Å². The first-order chi connectivity index (χ1) is 24.1. The summed E-state index contributed by atoms with van der Waals surface area (Å²) in [6.07, 6.45) is 7.81. The Hall–Kier alpha value is -2.94. The van der Waals surface area contributed by atoms with E-state index in [-0.39, 0.29) is 35.1 Å². The van der Waals surface area contributed by atoms with Crippen LogP contribution in [0.4, 0.5) is 0 Å². The number of carbonyl (C=O) groups excluding carboxylic acids is 2. The number of hydrogen-bond acceptors (Lipinski definition) is 6. The predicted molar refractivity (Wildman–Crippen MR) is 212 cm³/mol. The molecule has 51 heavy (non-hydrogen) atoms. The van der Waals surface area contributed by atoms with Crippen molar-refractivity contribution in [1.82, 2.24) is 4.90 Å². The van der Waals surface area contributed by atoms with Gasteiger partial charge in [0.1, 0.15) is 5.75 Å². The van der Waals surface area contributed by atoms with Crippen LogP contribution in [0.25, 0.3) is 0 Å². The Kier molecular flexibility index (Phi) is 18.7. The van der Waals surface area contributed by atoms with E-state index < -0.39 is 26.3 Å². The molecule has 0 saturated carbocycles. The largest absolute Gasteiger partial charge is 0.497 e. The number of carbonyl (C=O) groups is 2. The van der Waals surface area contributed by atoms with E-state index in [1.54, 1.807) is 12.0 Å². The number of amides is 1. The number of esters is 1. The average Bonchev–Trinajstić information content (AvgIpc) is 3.09. The molecule has 0 spiro atoms. The maximum atomic E-state index is 14.5. The topological polar surface area (TPSA) is 74.3 Å². The summed E-state index contributed by atoms with van der Waals surface area (Å²) in [5.74, 6) is -0.645. The van der Waals surface area contributed by atoms with E-state index in [0.29, 0.717) is 19.4 Å². The molecule has 286 valence electrons. The zero-order chi connectivity index (χ0) is 38.2. The monoisotopic (exact) mass is 723 g/mol. The van der Waals surface area contributed by atoms with Crippen LogP contribution >= 0.6 is 0 Å². The molecule has 2 aromatic carbocycles. The van der Waals surface area contributed by atoms with Gasteiger partial charge in [0.15, 0.2) is 14.4 Å². The van der Waals surface area contributed by atoms with E-state index in [0.717, 1.165) is 42.6 Å². The van der Waals surface area contributed by atoms with Crippen molar-refractivity contribution >= 4 is 20.2 Å². The van der Waals surface area contributed by atoms with Gasteiger partial charge in [-0.1, -0.05) is 122 Å². The van der Waals surface area contributed by atoms with Crippen molar-refractivity contribution in [2.75, 3.05) is 14.2 Å². The number of methoxy groups -OCH3 is 1. The smallest absolute Gasteiger partial charge is 0.312 e. The van der Waals surface area contributed by atoms with Gasteiger partial charge in [0, 0.05) is 7.05 Å². The number of hydrogen-bond donors (Lipinski definition) is 0. The lowest BCUT2D eigenvalue weighted by molar-refractivity contribution is -0.171. The average molecular weight is 724 g/mol. The van der Waals surface area contributed by atoms with E-state index in [2.05, 4.69) is 59.5 Å². The van der Waals surface area contributed by atoms with Gasteiger partial charge in [0.2, 0.25) is 0 Å². The number of benzene rings is 2. The third kappa shape index (κ3) is 14.2. The Balaban J connectivity index is 2.34. The second-order valence-corrected chi connectivity index (χ2v) is 20.7. The van der Waals surface area contributed by atoms with Gasteiger partial charge in [-0.2, -0.15) is 0 Å². The molecule has 0 unspecified atom stereocenters. The van der Waals surface area contributed by atoms with Crippen LogP contribution in [0.2, 0.25) is 18.1 Å². The normalized spacial score (nSPS) is 15.1. The molecular formula is C43H69NO6Si. The van der Waals surface area contributed by atoms with E-state index in [1.165, 1.54) is 12.8 Å². The van der Waals surface area contributed by atoms with Crippen LogP contribution in [-0.2, 0) is 36.5 Å². The standard InChI is InChI=1S/C43H69NO6Si/c1-13-15-16-17-21-25-38(48-31-35-26-28-36(47-10)29-27-35)33(5)42(46)49-40(32(3)4)41(45)44(9)37(30-34-23-19-18-20-24-34)39(22-14-2)50-51(11,12)43(6,7)8/h14,18-20,23-24,26-29,32-33,37-40H,2,13,15-17,21-22,25,30-31H2,1,3-12H3/t33-,37-,38+,39+,40-/m0/s1. The summed E-state index contributed by atoms with van der Waals surface area (Å²) < 4.78 is 24.9. The first kappa shape index (κ1) is 44.2. The lowest BCUT2D eigenvalue weighted by Gasteiger charge is -2.44. The first-order valence-electron chi connectivity index (χ1n) is 19.1. The van der Waals surface area contributed by atoms with Crippen LogP contribution in [0.1, 0.15) is 105 Å². The molecule has 8 heteroatoms. The summed E-state index contributed by atoms with van der Waals surface area (Å²) in [6, 6.07) is 17.7. The Morgan fingerprint density at radius 2 is 1.53 bits per heavy atom. The molecule has 0 saturated heterocycles. The van der Waals surface area contributed by atoms with Gasteiger partial charge < -0.3 is 23.5 Å². The lowest BCUT2D eigenvalue weighted by atomic mass is 9.96. The summed E-state index contributed by atoms with van der Waals surface area (Å²) in [5, 5.41) is -0.0135. The highest BCUT2D eigenvalue weighted by Gasteiger charge is 2.43. The lowest BCUT2D eigenvalue weighted by Crippen LogP contribution is -2.55. The van der Waals surface area contributed by atoms with Crippen molar-refractivity contribution in [3.63, 3.8) is 0 Å². The molecule has 0 aliphatic rings. The van der Waals surface area contributed by atoms with Crippen LogP contribution in [-0.4, -0.2) is 63.6 Å². The first-order valence-corrected chi connectivity index (χ1v) is 22.0. The number of ether oxygens (including phenoxy) is 3. The Bertz CT molecular complexity index is 1310. The van der Waals surface area contributed by atoms with Gasteiger partial charge in [0.25, 0.3) is 5.91 Å². The summed E-state index contributed by atoms with van der Waals surface area (Å²) in [6.45, 7) is 23.5. The fraction of sp³-hybridized carbons (Fsp3) is 0.628. The van der Waals surface area contributed by atoms with Gasteiger partial charge in [-0.15, -0.1) is 6.58 Å². The van der Waals surface area contributed by atoms with Gasteiger partial charge in [-0.05, 0) is 73.5 Å². The molecule has 2 rings (SSSR count). The van der Waals surface area contributed by atoms with Crippen molar-refractivity contribution in [3.8, 4) is 5.75 Å². The molecule has 0 aliphatic heterocycles. The highest BCUT2D eigenvalue weighted by molar-refractivity contribution is 6.74. The second-order valence-electron chi connectivity index (χ2n) is 15.9. The maximum Gasteiger partial charge on any atom is 0.312 e. The molecule has 5 atom stereocenters. The SMILES string of the molecule is C=CC[C@@H](O[Si](C)(C)C(C)(C)C)[C@H](Cc1ccccc1)N(C)C(=O)[C@@H](OC(=O)[C@@H](C)[C@@H](CCCCCCC)OCc1ccc(OC)cc1)C(C)C. The third-order valence-corrected chi connectivity index (χ3v) is 15.0. The van der Waals surface area contributed by atoms with Crippen molar-refractivity contribution in [2.24, 2.45) is 11.8 Å². The molecule has 0 radical (unpaired) electrons. The number of rotatable bonds is 23. The zero-order valence-corrected chi connectivity index (χ0v) is 34.7. The van der Waals surface area contributed by atoms with Gasteiger partial charge in [-0.3, -0.25) is 9.59 Å². The van der Waals surface area contributed by atoms with E-state index >= 15 is 0 Å². The Labute approximate surface area is 311 Å². The van der Waals surface area contributed by atoms with Crippen molar-refractivity contribution < 1.29 is 28.2 Å². The molecule has 0 aliphatic carbocycles. The molecular weight excluding hydrogens is 655 g/mol. The van der Waals surface area contributed by atoms with Gasteiger partial charge >= 0.3 is 5.97 Å². The second kappa shape index (κ2) is 21.6. The summed E-state index contributed by atoms with van der Waals surface area (Å²) in [5.41, 5.74) is 2.11. The predicted octanol–water partition coefficient (Wildman–Crippen LogP) is 10.2. The number of nitrogens with zero attached hydrogens (tertiary/aromatic N) is 1. The molecule has 2 aromatic rings. The highest BCUT2D eigenvalue weighted by Crippen LogP contribution is 2.39. The molecule has 0 bridgehead atoms.